The molecule has 0 amide bonds. The van der Waals surface area contributed by atoms with Gasteiger partial charge in [0.1, 0.15) is 5.65 Å². The molecule has 0 unspecified atom stereocenters. The Balaban J connectivity index is 1.64. The van der Waals surface area contributed by atoms with Gasteiger partial charge >= 0.3 is 0 Å². The van der Waals surface area contributed by atoms with Crippen molar-refractivity contribution in [2.45, 2.75) is 6.04 Å². The largest absolute Gasteiger partial charge is 0.394 e. The molecular weight excluding hydrogens is 382 g/mol. The molecule has 0 saturated heterocycles. The van der Waals surface area contributed by atoms with Crippen molar-refractivity contribution >= 4 is 29.1 Å². The molecule has 0 aliphatic heterocycles. The molecule has 8 heteroatoms. The minimum absolute atomic E-state index is 0.176. The molecule has 4 aromatic rings. The van der Waals surface area contributed by atoms with Crippen LogP contribution >= 0.6 is 0 Å². The summed E-state index contributed by atoms with van der Waals surface area (Å²) in [5.74, 6) is 0.176. The van der Waals surface area contributed by atoms with Gasteiger partial charge < -0.3 is 20.5 Å². The number of nitrogens with zero attached hydrogens (tertiary/aromatic N) is 2. The normalized spacial score (nSPS) is 11.6. The summed E-state index contributed by atoms with van der Waals surface area (Å²) < 4.78 is 0. The van der Waals surface area contributed by atoms with Gasteiger partial charge in [-0.3, -0.25) is 14.8 Å². The Morgan fingerprint density at radius 2 is 1.83 bits per heavy atom. The molecule has 30 heavy (non-hydrogen) atoms. The Kier molecular flexibility index (Phi) is 5.69. The van der Waals surface area contributed by atoms with Crippen LogP contribution < -0.4 is 10.9 Å². The van der Waals surface area contributed by atoms with Gasteiger partial charge in [-0.1, -0.05) is 36.4 Å². The lowest BCUT2D eigenvalue weighted by Crippen LogP contribution is -2.29. The Morgan fingerprint density at radius 1 is 1.03 bits per heavy atom. The fourth-order valence-electron chi connectivity index (χ4n) is 3.04. The van der Waals surface area contributed by atoms with Crippen molar-refractivity contribution in [3.05, 3.63) is 76.3 Å². The molecule has 0 radical (unpaired) electrons. The summed E-state index contributed by atoms with van der Waals surface area (Å²) in [6.07, 6.45) is 5.63. The highest BCUT2D eigenvalue weighted by atomic mass is 16.3. The first-order chi connectivity index (χ1) is 14.7. The molecular formula is C22H21N5O3. The van der Waals surface area contributed by atoms with E-state index in [4.69, 9.17) is 0 Å². The highest BCUT2D eigenvalue weighted by Gasteiger charge is 2.12. The van der Waals surface area contributed by atoms with Crippen molar-refractivity contribution in [2.24, 2.45) is 0 Å². The van der Waals surface area contributed by atoms with Gasteiger partial charge in [0.2, 0.25) is 5.95 Å². The second-order valence-electron chi connectivity index (χ2n) is 6.78. The average molecular weight is 403 g/mol. The number of aliphatic hydroxyl groups is 2. The van der Waals surface area contributed by atoms with Crippen LogP contribution in [0.4, 0.5) is 5.95 Å². The van der Waals surface area contributed by atoms with Crippen LogP contribution in [-0.2, 0) is 0 Å². The van der Waals surface area contributed by atoms with Crippen LogP contribution in [0.5, 0.6) is 0 Å². The van der Waals surface area contributed by atoms with Crippen LogP contribution in [0.3, 0.4) is 0 Å². The molecule has 0 atom stereocenters. The Labute approximate surface area is 172 Å². The number of anilines is 1. The number of aliphatic hydroxyl groups excluding tert-OH is 2. The van der Waals surface area contributed by atoms with Crippen LogP contribution in [0.1, 0.15) is 11.3 Å². The molecule has 1 aromatic carbocycles. The van der Waals surface area contributed by atoms with Gasteiger partial charge in [0.15, 0.2) is 0 Å². The molecule has 0 fully saturated rings. The van der Waals surface area contributed by atoms with Gasteiger partial charge in [0.25, 0.3) is 5.56 Å². The van der Waals surface area contributed by atoms with Crippen LogP contribution in [0.2, 0.25) is 0 Å². The predicted octanol–water partition coefficient (Wildman–Crippen LogP) is 2.25. The fraction of sp³-hybridized carbons (Fsp3) is 0.136. The zero-order valence-corrected chi connectivity index (χ0v) is 16.0. The van der Waals surface area contributed by atoms with Crippen molar-refractivity contribution in [1.82, 2.24) is 19.9 Å². The number of hydrogen-bond donors (Lipinski definition) is 5. The van der Waals surface area contributed by atoms with Gasteiger partial charge in [-0.05, 0) is 29.8 Å². The van der Waals surface area contributed by atoms with Crippen molar-refractivity contribution in [1.29, 1.82) is 0 Å². The van der Waals surface area contributed by atoms with Crippen molar-refractivity contribution < 1.29 is 10.2 Å². The number of aromatic nitrogens is 4. The van der Waals surface area contributed by atoms with Crippen LogP contribution in [0.25, 0.3) is 34.4 Å². The van der Waals surface area contributed by atoms with Gasteiger partial charge in [0, 0.05) is 17.5 Å². The molecule has 5 N–H and O–H groups in total. The lowest BCUT2D eigenvalue weighted by molar-refractivity contribution is 0.203. The summed E-state index contributed by atoms with van der Waals surface area (Å²) in [6, 6.07) is 14.8. The summed E-state index contributed by atoms with van der Waals surface area (Å²) in [6.45, 7) is -0.574. The summed E-state index contributed by atoms with van der Waals surface area (Å²) in [5, 5.41) is 21.6. The second kappa shape index (κ2) is 8.73. The molecule has 0 spiro atoms. The zero-order chi connectivity index (χ0) is 20.9. The zero-order valence-electron chi connectivity index (χ0n) is 16.0. The fourth-order valence-corrected chi connectivity index (χ4v) is 3.04. The smallest absolute Gasteiger partial charge is 0.261 e. The predicted molar refractivity (Wildman–Crippen MR) is 117 cm³/mol. The number of fused-ring (bicyclic) bond motifs is 1. The van der Waals surface area contributed by atoms with E-state index in [2.05, 4.69) is 25.3 Å². The maximum atomic E-state index is 12.4. The molecule has 0 aliphatic carbocycles. The van der Waals surface area contributed by atoms with Crippen molar-refractivity contribution in [2.75, 3.05) is 18.5 Å². The van der Waals surface area contributed by atoms with Crippen molar-refractivity contribution in [3.8, 4) is 11.3 Å². The number of nitrogens with one attached hydrogen (secondary N) is 3. The average Bonchev–Trinajstić information content (AvgIpc) is 3.22. The Bertz CT molecular complexity index is 1230. The first-order valence-corrected chi connectivity index (χ1v) is 9.47. The van der Waals surface area contributed by atoms with Crippen molar-refractivity contribution in [3.63, 3.8) is 0 Å². The number of H-pyrrole nitrogens is 2. The summed E-state index contributed by atoms with van der Waals surface area (Å²) >= 11 is 0. The molecule has 4 rings (SSSR count). The third kappa shape index (κ3) is 4.29. The Morgan fingerprint density at radius 3 is 2.60 bits per heavy atom. The number of hydrogen-bond acceptors (Lipinski definition) is 6. The lowest BCUT2D eigenvalue weighted by atomic mass is 10.1. The van der Waals surface area contributed by atoms with Crippen LogP contribution in [-0.4, -0.2) is 49.4 Å². The first kappa shape index (κ1) is 19.6. The molecule has 0 saturated carbocycles. The summed E-state index contributed by atoms with van der Waals surface area (Å²) in [4.78, 5) is 26.9. The highest BCUT2D eigenvalue weighted by molar-refractivity contribution is 5.83. The molecule has 3 heterocycles. The third-order valence-electron chi connectivity index (χ3n) is 4.62. The van der Waals surface area contributed by atoms with Crippen LogP contribution in [0.15, 0.2) is 59.5 Å². The number of benzene rings is 1. The topological polar surface area (TPSA) is 127 Å². The van der Waals surface area contributed by atoms with E-state index in [0.717, 1.165) is 22.5 Å². The van der Waals surface area contributed by atoms with E-state index in [1.165, 1.54) is 0 Å². The maximum Gasteiger partial charge on any atom is 0.261 e. The number of aromatic amines is 2. The van der Waals surface area contributed by atoms with E-state index < -0.39 is 6.04 Å². The van der Waals surface area contributed by atoms with E-state index in [1.54, 1.807) is 12.3 Å². The lowest BCUT2D eigenvalue weighted by Gasteiger charge is -2.12. The Hall–Kier alpha value is -3.75. The number of pyridine rings is 1. The van der Waals surface area contributed by atoms with Crippen LogP contribution in [0, 0.1) is 0 Å². The molecule has 0 bridgehead atoms. The summed E-state index contributed by atoms with van der Waals surface area (Å²) in [7, 11) is 0. The maximum absolute atomic E-state index is 12.4. The molecule has 3 aromatic heterocycles. The minimum atomic E-state index is -0.612. The molecule has 0 aliphatic rings. The third-order valence-corrected chi connectivity index (χ3v) is 4.62. The monoisotopic (exact) mass is 403 g/mol. The molecule has 8 nitrogen and oxygen atoms in total. The van der Waals surface area contributed by atoms with Gasteiger partial charge in [-0.25, -0.2) is 0 Å². The highest BCUT2D eigenvalue weighted by Crippen LogP contribution is 2.22. The van der Waals surface area contributed by atoms with E-state index in [0.29, 0.717) is 11.0 Å². The van der Waals surface area contributed by atoms with Gasteiger partial charge in [0.05, 0.1) is 30.3 Å². The quantitative estimate of drug-likeness (QED) is 0.322. The first-order valence-electron chi connectivity index (χ1n) is 9.47. The standard InChI is InChI=1S/C22H21N5O3/c28-12-17(13-29)24-22-26-20-18(21(30)27-22)11-19(25-20)15-8-9-23-16(10-15)7-6-14-4-2-1-3-5-14/h1-11,17,28-29H,12-13H2,(H3,24,25,26,27,30)/b7-6+. The van der Waals surface area contributed by atoms with E-state index in [-0.39, 0.29) is 24.7 Å². The second-order valence-corrected chi connectivity index (χ2v) is 6.78. The minimum Gasteiger partial charge on any atom is -0.394 e. The van der Waals surface area contributed by atoms with E-state index >= 15 is 0 Å². The van der Waals surface area contributed by atoms with E-state index in [1.807, 2.05) is 54.6 Å². The SMILES string of the molecule is O=c1[nH]c(NC(CO)CO)nc2[nH]c(-c3ccnc(/C=C/c4ccccc4)c3)cc12. The van der Waals surface area contributed by atoms with E-state index in [9.17, 15) is 15.0 Å². The summed E-state index contributed by atoms with van der Waals surface area (Å²) in [5.41, 5.74) is 3.55. The van der Waals surface area contributed by atoms with Gasteiger partial charge in [-0.15, -0.1) is 0 Å². The molecule has 152 valence electrons. The van der Waals surface area contributed by atoms with Gasteiger partial charge in [-0.2, -0.15) is 4.98 Å². The number of rotatable bonds is 7.